The van der Waals surface area contributed by atoms with Crippen molar-refractivity contribution < 1.29 is 4.79 Å². The molecule has 0 aromatic rings. The average molecular weight is 212 g/mol. The van der Waals surface area contributed by atoms with Crippen LogP contribution in [0.5, 0.6) is 0 Å². The van der Waals surface area contributed by atoms with E-state index < -0.39 is 0 Å². The van der Waals surface area contributed by atoms with Gasteiger partial charge in [-0.2, -0.15) is 0 Å². The Labute approximate surface area is 93.2 Å². The van der Waals surface area contributed by atoms with Gasteiger partial charge in [0.05, 0.1) is 0 Å². The van der Waals surface area contributed by atoms with Crippen LogP contribution >= 0.6 is 0 Å². The maximum Gasteiger partial charge on any atom is 0.222 e. The van der Waals surface area contributed by atoms with E-state index >= 15 is 0 Å². The van der Waals surface area contributed by atoms with Gasteiger partial charge in [0.15, 0.2) is 0 Å². The van der Waals surface area contributed by atoms with Gasteiger partial charge in [0.1, 0.15) is 0 Å². The molecule has 1 atom stereocenters. The van der Waals surface area contributed by atoms with Crippen molar-refractivity contribution in [1.29, 1.82) is 0 Å². The predicted molar refractivity (Wildman–Crippen MR) is 62.7 cm³/mol. The second-order valence-corrected chi connectivity index (χ2v) is 4.85. The van der Waals surface area contributed by atoms with Crippen molar-refractivity contribution in [3.8, 4) is 0 Å². The van der Waals surface area contributed by atoms with Gasteiger partial charge in [-0.05, 0) is 52.1 Å². The minimum absolute atomic E-state index is 0.288. The Morgan fingerprint density at radius 1 is 1.53 bits per heavy atom. The van der Waals surface area contributed by atoms with E-state index in [-0.39, 0.29) is 5.91 Å². The number of nitrogens with one attached hydrogen (secondary N) is 1. The first-order valence-electron chi connectivity index (χ1n) is 6.07. The second-order valence-electron chi connectivity index (χ2n) is 4.85. The van der Waals surface area contributed by atoms with Crippen molar-refractivity contribution in [2.75, 3.05) is 20.1 Å². The summed E-state index contributed by atoms with van der Waals surface area (Å²) in [6.07, 6.45) is 4.30. The van der Waals surface area contributed by atoms with E-state index in [2.05, 4.69) is 19.2 Å². The highest BCUT2D eigenvalue weighted by atomic mass is 16.2. The molecule has 1 unspecified atom stereocenters. The zero-order valence-electron chi connectivity index (χ0n) is 10.3. The molecule has 0 aromatic heterocycles. The Kier molecular flexibility index (Phi) is 5.09. The van der Waals surface area contributed by atoms with Gasteiger partial charge in [-0.25, -0.2) is 0 Å². The van der Waals surface area contributed by atoms with Gasteiger partial charge in [0.2, 0.25) is 5.91 Å². The first-order valence-corrected chi connectivity index (χ1v) is 6.07. The Hall–Kier alpha value is -0.570. The van der Waals surface area contributed by atoms with Crippen LogP contribution in [0.1, 0.15) is 39.5 Å². The monoisotopic (exact) mass is 212 g/mol. The summed E-state index contributed by atoms with van der Waals surface area (Å²) in [4.78, 5) is 13.6. The van der Waals surface area contributed by atoms with Gasteiger partial charge in [0.25, 0.3) is 0 Å². The lowest BCUT2D eigenvalue weighted by Crippen LogP contribution is -2.34. The van der Waals surface area contributed by atoms with Crippen LogP contribution in [-0.2, 0) is 4.79 Å². The molecule has 1 N–H and O–H groups in total. The Morgan fingerprint density at radius 3 is 2.80 bits per heavy atom. The molecule has 1 aliphatic heterocycles. The molecule has 1 aliphatic rings. The molecule has 3 heteroatoms. The van der Waals surface area contributed by atoms with Crippen molar-refractivity contribution in [1.82, 2.24) is 10.2 Å². The fraction of sp³-hybridized carbons (Fsp3) is 0.917. The van der Waals surface area contributed by atoms with Gasteiger partial charge >= 0.3 is 0 Å². The summed E-state index contributed by atoms with van der Waals surface area (Å²) in [5.74, 6) is 0.999. The highest BCUT2D eigenvalue weighted by Crippen LogP contribution is 2.16. The van der Waals surface area contributed by atoms with Crippen molar-refractivity contribution in [3.63, 3.8) is 0 Å². The maximum absolute atomic E-state index is 11.7. The van der Waals surface area contributed by atoms with Crippen LogP contribution < -0.4 is 5.32 Å². The van der Waals surface area contributed by atoms with Gasteiger partial charge in [-0.3, -0.25) is 4.79 Å². The molecule has 1 amide bonds. The molecule has 1 rings (SSSR count). The average Bonchev–Trinajstić information content (AvgIpc) is 2.26. The topological polar surface area (TPSA) is 32.3 Å². The molecule has 0 bridgehead atoms. The number of rotatable bonds is 4. The third-order valence-electron chi connectivity index (χ3n) is 3.33. The van der Waals surface area contributed by atoms with E-state index in [9.17, 15) is 4.79 Å². The maximum atomic E-state index is 11.7. The van der Waals surface area contributed by atoms with E-state index in [4.69, 9.17) is 0 Å². The Bertz CT molecular complexity index is 198. The molecule has 0 radical (unpaired) electrons. The van der Waals surface area contributed by atoms with Crippen LogP contribution in [0.15, 0.2) is 0 Å². The van der Waals surface area contributed by atoms with Gasteiger partial charge in [-0.15, -0.1) is 0 Å². The number of amides is 1. The van der Waals surface area contributed by atoms with Crippen LogP contribution in [0.4, 0.5) is 0 Å². The largest absolute Gasteiger partial charge is 0.343 e. The normalized spacial score (nSPS) is 21.7. The van der Waals surface area contributed by atoms with Crippen molar-refractivity contribution in [2.45, 2.75) is 45.6 Å². The summed E-state index contributed by atoms with van der Waals surface area (Å²) >= 11 is 0. The quantitative estimate of drug-likeness (QED) is 0.768. The van der Waals surface area contributed by atoms with E-state index in [1.54, 1.807) is 0 Å². The van der Waals surface area contributed by atoms with E-state index in [0.29, 0.717) is 18.4 Å². The molecule has 0 saturated carbocycles. The van der Waals surface area contributed by atoms with Crippen molar-refractivity contribution in [2.24, 2.45) is 5.92 Å². The Balaban J connectivity index is 2.20. The van der Waals surface area contributed by atoms with E-state index in [1.165, 1.54) is 12.8 Å². The minimum Gasteiger partial charge on any atom is -0.343 e. The van der Waals surface area contributed by atoms with Crippen LogP contribution in [-0.4, -0.2) is 37.0 Å². The fourth-order valence-corrected chi connectivity index (χ4v) is 1.96. The summed E-state index contributed by atoms with van der Waals surface area (Å²) in [6, 6.07) is 0.321. The summed E-state index contributed by atoms with van der Waals surface area (Å²) in [5, 5.41) is 3.39. The molecule has 15 heavy (non-hydrogen) atoms. The standard InChI is InChI=1S/C12H24N2O/c1-10(2)14(3)12(15)7-6-11-5-4-8-13-9-11/h10-11,13H,4-9H2,1-3H3. The summed E-state index contributed by atoms with van der Waals surface area (Å²) in [6.45, 7) is 6.36. The molecule has 1 fully saturated rings. The lowest BCUT2D eigenvalue weighted by Gasteiger charge is -2.25. The van der Waals surface area contributed by atoms with Gasteiger partial charge in [0, 0.05) is 19.5 Å². The number of hydrogen-bond acceptors (Lipinski definition) is 2. The first kappa shape index (κ1) is 12.5. The zero-order chi connectivity index (χ0) is 11.3. The highest BCUT2D eigenvalue weighted by Gasteiger charge is 2.17. The third-order valence-corrected chi connectivity index (χ3v) is 3.33. The van der Waals surface area contributed by atoms with Crippen molar-refractivity contribution in [3.05, 3.63) is 0 Å². The number of piperidine rings is 1. The molecule has 0 aromatic carbocycles. The number of nitrogens with zero attached hydrogens (tertiary/aromatic N) is 1. The van der Waals surface area contributed by atoms with Gasteiger partial charge < -0.3 is 10.2 Å². The Morgan fingerprint density at radius 2 is 2.27 bits per heavy atom. The lowest BCUT2D eigenvalue weighted by molar-refractivity contribution is -0.131. The molecule has 3 nitrogen and oxygen atoms in total. The molecule has 1 heterocycles. The highest BCUT2D eigenvalue weighted by molar-refractivity contribution is 5.76. The van der Waals surface area contributed by atoms with Crippen LogP contribution in [0, 0.1) is 5.92 Å². The summed E-state index contributed by atoms with van der Waals surface area (Å²) < 4.78 is 0. The first-order chi connectivity index (χ1) is 7.11. The summed E-state index contributed by atoms with van der Waals surface area (Å²) in [7, 11) is 1.89. The number of carbonyl (C=O) groups excluding carboxylic acids is 1. The van der Waals surface area contributed by atoms with Crippen LogP contribution in [0.2, 0.25) is 0 Å². The van der Waals surface area contributed by atoms with Crippen molar-refractivity contribution >= 4 is 5.91 Å². The number of hydrogen-bond donors (Lipinski definition) is 1. The molecule has 88 valence electrons. The fourth-order valence-electron chi connectivity index (χ4n) is 1.96. The third kappa shape index (κ3) is 4.20. The summed E-state index contributed by atoms with van der Waals surface area (Å²) in [5.41, 5.74) is 0. The zero-order valence-corrected chi connectivity index (χ0v) is 10.3. The second kappa shape index (κ2) is 6.11. The molecular formula is C12H24N2O. The number of carbonyl (C=O) groups is 1. The van der Waals surface area contributed by atoms with Crippen LogP contribution in [0.25, 0.3) is 0 Å². The van der Waals surface area contributed by atoms with Crippen LogP contribution in [0.3, 0.4) is 0 Å². The predicted octanol–water partition coefficient (Wildman–Crippen LogP) is 1.63. The van der Waals surface area contributed by atoms with E-state index in [1.807, 2.05) is 11.9 Å². The smallest absolute Gasteiger partial charge is 0.222 e. The van der Waals surface area contributed by atoms with Gasteiger partial charge in [-0.1, -0.05) is 0 Å². The van der Waals surface area contributed by atoms with E-state index in [0.717, 1.165) is 19.5 Å². The lowest BCUT2D eigenvalue weighted by atomic mass is 9.94. The molecule has 0 spiro atoms. The molecule has 1 saturated heterocycles. The SMILES string of the molecule is CC(C)N(C)C(=O)CCC1CCCNC1. The molecular weight excluding hydrogens is 188 g/mol. The minimum atomic E-state index is 0.288. The molecule has 0 aliphatic carbocycles.